The van der Waals surface area contributed by atoms with Gasteiger partial charge in [0.05, 0.1) is 26.3 Å². The summed E-state index contributed by atoms with van der Waals surface area (Å²) < 4.78 is 17.3. The van der Waals surface area contributed by atoms with Crippen molar-refractivity contribution >= 4 is 5.91 Å². The number of ether oxygens (including phenoxy) is 3. The van der Waals surface area contributed by atoms with E-state index >= 15 is 0 Å². The molecule has 3 aliphatic rings. The maximum atomic E-state index is 12.6. The first-order valence-corrected chi connectivity index (χ1v) is 9.24. The fourth-order valence-corrected chi connectivity index (χ4v) is 4.13. The molecule has 0 saturated carbocycles. The standard InChI is InChI=1S/C19H26N2O4/c22-18(16-3-7-23-8-4-16)21-13-19(14-21)17(5-9-25-19)12-24-11-15-2-1-6-20-10-15/h1-2,6,10,16-17H,3-5,7-9,11-14H2. The van der Waals surface area contributed by atoms with Crippen molar-refractivity contribution < 1.29 is 19.0 Å². The normalized spacial score (nSPS) is 25.9. The van der Waals surface area contributed by atoms with Gasteiger partial charge in [-0.2, -0.15) is 0 Å². The molecule has 1 unspecified atom stereocenters. The predicted molar refractivity (Wildman–Crippen MR) is 90.8 cm³/mol. The fraction of sp³-hybridized carbons (Fsp3) is 0.684. The summed E-state index contributed by atoms with van der Waals surface area (Å²) in [6.07, 6.45) is 6.30. The van der Waals surface area contributed by atoms with Gasteiger partial charge in [-0.3, -0.25) is 9.78 Å². The Morgan fingerprint density at radius 3 is 2.88 bits per heavy atom. The second-order valence-corrected chi connectivity index (χ2v) is 7.36. The summed E-state index contributed by atoms with van der Waals surface area (Å²) in [5.74, 6) is 0.773. The zero-order valence-electron chi connectivity index (χ0n) is 14.6. The van der Waals surface area contributed by atoms with Crippen LogP contribution in [0.2, 0.25) is 0 Å². The summed E-state index contributed by atoms with van der Waals surface area (Å²) in [4.78, 5) is 18.7. The van der Waals surface area contributed by atoms with Crippen LogP contribution in [0.25, 0.3) is 0 Å². The lowest BCUT2D eigenvalue weighted by Gasteiger charge is -2.51. The Kier molecular flexibility index (Phi) is 5.01. The molecule has 4 heterocycles. The van der Waals surface area contributed by atoms with Crippen molar-refractivity contribution in [2.45, 2.75) is 31.5 Å². The molecule has 6 nitrogen and oxygen atoms in total. The van der Waals surface area contributed by atoms with Gasteiger partial charge in [-0.25, -0.2) is 0 Å². The van der Waals surface area contributed by atoms with Crippen LogP contribution in [0.3, 0.4) is 0 Å². The molecular weight excluding hydrogens is 320 g/mol. The summed E-state index contributed by atoms with van der Waals surface area (Å²) >= 11 is 0. The number of amides is 1. The Morgan fingerprint density at radius 1 is 1.28 bits per heavy atom. The first-order chi connectivity index (χ1) is 12.3. The van der Waals surface area contributed by atoms with Gasteiger partial charge in [-0.05, 0) is 30.9 Å². The number of hydrogen-bond donors (Lipinski definition) is 0. The van der Waals surface area contributed by atoms with E-state index in [1.807, 2.05) is 23.2 Å². The van der Waals surface area contributed by atoms with Gasteiger partial charge in [0.15, 0.2) is 0 Å². The van der Waals surface area contributed by atoms with E-state index in [1.54, 1.807) is 6.20 Å². The zero-order valence-corrected chi connectivity index (χ0v) is 14.6. The first kappa shape index (κ1) is 16.9. The molecule has 3 saturated heterocycles. The molecule has 6 heteroatoms. The van der Waals surface area contributed by atoms with E-state index in [0.29, 0.717) is 45.4 Å². The number of carbonyl (C=O) groups excluding carboxylic acids is 1. The van der Waals surface area contributed by atoms with Crippen LogP contribution in [-0.4, -0.2) is 60.9 Å². The summed E-state index contributed by atoms with van der Waals surface area (Å²) in [7, 11) is 0. The average Bonchev–Trinajstić information content (AvgIpc) is 3.05. The van der Waals surface area contributed by atoms with Gasteiger partial charge in [0.25, 0.3) is 0 Å². The van der Waals surface area contributed by atoms with E-state index in [-0.39, 0.29) is 17.4 Å². The largest absolute Gasteiger partial charge is 0.381 e. The van der Waals surface area contributed by atoms with Crippen molar-refractivity contribution in [3.63, 3.8) is 0 Å². The summed E-state index contributed by atoms with van der Waals surface area (Å²) in [6, 6.07) is 3.94. The maximum Gasteiger partial charge on any atom is 0.226 e. The van der Waals surface area contributed by atoms with Gasteiger partial charge in [0.1, 0.15) is 5.60 Å². The molecule has 0 aliphatic carbocycles. The number of nitrogens with zero attached hydrogens (tertiary/aromatic N) is 2. The minimum Gasteiger partial charge on any atom is -0.381 e. The van der Waals surface area contributed by atoms with Gasteiger partial charge in [-0.1, -0.05) is 6.07 Å². The monoisotopic (exact) mass is 346 g/mol. The molecule has 25 heavy (non-hydrogen) atoms. The fourth-order valence-electron chi connectivity index (χ4n) is 4.13. The van der Waals surface area contributed by atoms with Crippen molar-refractivity contribution in [3.8, 4) is 0 Å². The van der Waals surface area contributed by atoms with Crippen molar-refractivity contribution in [2.24, 2.45) is 11.8 Å². The topological polar surface area (TPSA) is 60.9 Å². The van der Waals surface area contributed by atoms with Crippen molar-refractivity contribution in [3.05, 3.63) is 30.1 Å². The molecule has 1 aromatic rings. The highest BCUT2D eigenvalue weighted by atomic mass is 16.5. The van der Waals surface area contributed by atoms with Crippen LogP contribution >= 0.6 is 0 Å². The minimum atomic E-state index is -0.185. The predicted octanol–water partition coefficient (Wildman–Crippen LogP) is 1.64. The van der Waals surface area contributed by atoms with E-state index in [2.05, 4.69) is 4.98 Å². The van der Waals surface area contributed by atoms with Crippen molar-refractivity contribution in [1.82, 2.24) is 9.88 Å². The third-order valence-corrected chi connectivity index (χ3v) is 5.71. The van der Waals surface area contributed by atoms with E-state index in [1.165, 1.54) is 0 Å². The van der Waals surface area contributed by atoms with Crippen LogP contribution in [0.5, 0.6) is 0 Å². The molecule has 136 valence electrons. The first-order valence-electron chi connectivity index (χ1n) is 9.24. The molecule has 3 fully saturated rings. The summed E-state index contributed by atoms with van der Waals surface area (Å²) in [6.45, 7) is 4.85. The second-order valence-electron chi connectivity index (χ2n) is 7.36. The number of aromatic nitrogens is 1. The molecular formula is C19H26N2O4. The third-order valence-electron chi connectivity index (χ3n) is 5.71. The Hall–Kier alpha value is -1.50. The van der Waals surface area contributed by atoms with Crippen molar-refractivity contribution in [2.75, 3.05) is 39.5 Å². The average molecular weight is 346 g/mol. The maximum absolute atomic E-state index is 12.6. The Bertz CT molecular complexity index is 582. The van der Waals surface area contributed by atoms with E-state index in [0.717, 1.165) is 31.4 Å². The van der Waals surface area contributed by atoms with Crippen LogP contribution in [0.4, 0.5) is 0 Å². The Balaban J connectivity index is 1.26. The quantitative estimate of drug-likeness (QED) is 0.811. The lowest BCUT2D eigenvalue weighted by atomic mass is 9.80. The highest BCUT2D eigenvalue weighted by Crippen LogP contribution is 2.41. The molecule has 1 amide bonds. The molecule has 0 N–H and O–H groups in total. The van der Waals surface area contributed by atoms with E-state index < -0.39 is 0 Å². The SMILES string of the molecule is O=C(C1CCOCC1)N1CC2(C1)OCCC2COCc1cccnc1. The van der Waals surface area contributed by atoms with Crippen LogP contribution in [0, 0.1) is 11.8 Å². The van der Waals surface area contributed by atoms with Crippen LogP contribution in [0.15, 0.2) is 24.5 Å². The molecule has 1 atom stereocenters. The minimum absolute atomic E-state index is 0.132. The molecule has 1 spiro atoms. The number of rotatable bonds is 5. The third kappa shape index (κ3) is 3.57. The molecule has 1 aromatic heterocycles. The summed E-state index contributed by atoms with van der Waals surface area (Å²) in [5.41, 5.74) is 0.899. The summed E-state index contributed by atoms with van der Waals surface area (Å²) in [5, 5.41) is 0. The molecule has 0 bridgehead atoms. The number of pyridine rings is 1. The Labute approximate surface area is 148 Å². The highest BCUT2D eigenvalue weighted by molar-refractivity contribution is 5.80. The smallest absolute Gasteiger partial charge is 0.226 e. The zero-order chi connectivity index (χ0) is 17.1. The van der Waals surface area contributed by atoms with Gasteiger partial charge in [0, 0.05) is 44.1 Å². The Morgan fingerprint density at radius 2 is 2.12 bits per heavy atom. The molecule has 0 aromatic carbocycles. The lowest BCUT2D eigenvalue weighted by Crippen LogP contribution is -2.67. The van der Waals surface area contributed by atoms with E-state index in [4.69, 9.17) is 14.2 Å². The van der Waals surface area contributed by atoms with Gasteiger partial charge < -0.3 is 19.1 Å². The lowest BCUT2D eigenvalue weighted by molar-refractivity contribution is -0.174. The molecule has 3 aliphatic heterocycles. The van der Waals surface area contributed by atoms with Gasteiger partial charge in [0.2, 0.25) is 5.91 Å². The number of hydrogen-bond acceptors (Lipinski definition) is 5. The van der Waals surface area contributed by atoms with Crippen molar-refractivity contribution in [1.29, 1.82) is 0 Å². The van der Waals surface area contributed by atoms with Gasteiger partial charge >= 0.3 is 0 Å². The second kappa shape index (κ2) is 7.40. The molecule has 0 radical (unpaired) electrons. The van der Waals surface area contributed by atoms with Crippen LogP contribution < -0.4 is 0 Å². The molecule has 4 rings (SSSR count). The number of likely N-dealkylation sites (tertiary alicyclic amines) is 1. The van der Waals surface area contributed by atoms with Gasteiger partial charge in [-0.15, -0.1) is 0 Å². The van der Waals surface area contributed by atoms with E-state index in [9.17, 15) is 4.79 Å². The van der Waals surface area contributed by atoms with Crippen LogP contribution in [0.1, 0.15) is 24.8 Å². The van der Waals surface area contributed by atoms with Crippen LogP contribution in [-0.2, 0) is 25.6 Å². The highest BCUT2D eigenvalue weighted by Gasteiger charge is 2.55. The number of carbonyl (C=O) groups is 1.